The topological polar surface area (TPSA) is 65.0 Å². The maximum atomic E-state index is 11.7. The molecular formula is C18H20O5. The van der Waals surface area contributed by atoms with Crippen molar-refractivity contribution in [3.8, 4) is 11.5 Å². The Morgan fingerprint density at radius 1 is 1.04 bits per heavy atom. The van der Waals surface area contributed by atoms with Crippen LogP contribution in [0.4, 0.5) is 0 Å². The van der Waals surface area contributed by atoms with Crippen molar-refractivity contribution in [3.63, 3.8) is 0 Å². The van der Waals surface area contributed by atoms with Crippen LogP contribution in [-0.4, -0.2) is 30.9 Å². The molecule has 2 aromatic rings. The molecule has 0 aliphatic rings. The molecule has 1 N–H and O–H groups in total. The summed E-state index contributed by atoms with van der Waals surface area (Å²) < 4.78 is 15.6. The molecule has 0 spiro atoms. The van der Waals surface area contributed by atoms with Gasteiger partial charge in [0.2, 0.25) is 0 Å². The Labute approximate surface area is 135 Å². The predicted octanol–water partition coefficient (Wildman–Crippen LogP) is 2.57. The van der Waals surface area contributed by atoms with Gasteiger partial charge < -0.3 is 19.3 Å². The standard InChI is InChI=1S/C18H20O5/c1-21-16-7-9-17(10-8-16)22-13-15(19)11-18(20)23-12-14-5-3-2-4-6-14/h2-10,15,19H,11-13H2,1H3/t15-/m1/s1. The maximum absolute atomic E-state index is 11.7. The molecule has 23 heavy (non-hydrogen) atoms. The molecule has 1 atom stereocenters. The third kappa shape index (κ3) is 6.00. The number of carbonyl (C=O) groups excluding carboxylic acids is 1. The summed E-state index contributed by atoms with van der Waals surface area (Å²) in [6.45, 7) is 0.221. The molecule has 0 saturated heterocycles. The van der Waals surface area contributed by atoms with Gasteiger partial charge in [0.15, 0.2) is 0 Å². The van der Waals surface area contributed by atoms with Crippen molar-refractivity contribution in [2.24, 2.45) is 0 Å². The van der Waals surface area contributed by atoms with Crippen molar-refractivity contribution in [1.82, 2.24) is 0 Å². The number of benzene rings is 2. The van der Waals surface area contributed by atoms with Gasteiger partial charge in [-0.15, -0.1) is 0 Å². The lowest BCUT2D eigenvalue weighted by molar-refractivity contribution is -0.147. The molecule has 5 heteroatoms. The van der Waals surface area contributed by atoms with E-state index in [2.05, 4.69) is 0 Å². The lowest BCUT2D eigenvalue weighted by atomic mass is 10.2. The van der Waals surface area contributed by atoms with Crippen LogP contribution in [0.2, 0.25) is 0 Å². The van der Waals surface area contributed by atoms with E-state index in [4.69, 9.17) is 14.2 Å². The Hall–Kier alpha value is -2.53. The molecule has 0 aliphatic heterocycles. The fourth-order valence-corrected chi connectivity index (χ4v) is 1.91. The van der Waals surface area contributed by atoms with E-state index in [1.165, 1.54) is 0 Å². The summed E-state index contributed by atoms with van der Waals surface area (Å²) >= 11 is 0. The Bertz CT molecular complexity index is 595. The largest absolute Gasteiger partial charge is 0.497 e. The second kappa shape index (κ2) is 8.80. The van der Waals surface area contributed by atoms with E-state index in [1.54, 1.807) is 31.4 Å². The van der Waals surface area contributed by atoms with Crippen molar-refractivity contribution < 1.29 is 24.1 Å². The van der Waals surface area contributed by atoms with E-state index >= 15 is 0 Å². The van der Waals surface area contributed by atoms with E-state index in [0.29, 0.717) is 5.75 Å². The van der Waals surface area contributed by atoms with Crippen LogP contribution in [-0.2, 0) is 16.1 Å². The fraction of sp³-hybridized carbons (Fsp3) is 0.278. The molecule has 122 valence electrons. The first kappa shape index (κ1) is 16.8. The van der Waals surface area contributed by atoms with Gasteiger partial charge in [-0.2, -0.15) is 0 Å². The van der Waals surface area contributed by atoms with Crippen LogP contribution < -0.4 is 9.47 Å². The first-order valence-electron chi connectivity index (χ1n) is 7.32. The van der Waals surface area contributed by atoms with Crippen molar-refractivity contribution in [1.29, 1.82) is 0 Å². The quantitative estimate of drug-likeness (QED) is 0.758. The van der Waals surface area contributed by atoms with E-state index in [0.717, 1.165) is 11.3 Å². The Kier molecular flexibility index (Phi) is 6.44. The highest BCUT2D eigenvalue weighted by Crippen LogP contribution is 2.17. The Morgan fingerprint density at radius 2 is 1.70 bits per heavy atom. The van der Waals surface area contributed by atoms with E-state index in [-0.39, 0.29) is 19.6 Å². The van der Waals surface area contributed by atoms with E-state index in [1.807, 2.05) is 30.3 Å². The monoisotopic (exact) mass is 316 g/mol. The number of rotatable bonds is 8. The lowest BCUT2D eigenvalue weighted by Gasteiger charge is -2.12. The van der Waals surface area contributed by atoms with Crippen molar-refractivity contribution >= 4 is 5.97 Å². The van der Waals surface area contributed by atoms with Crippen molar-refractivity contribution in [3.05, 3.63) is 60.2 Å². The van der Waals surface area contributed by atoms with Gasteiger partial charge in [-0.1, -0.05) is 30.3 Å². The second-order valence-electron chi connectivity index (χ2n) is 4.99. The average Bonchev–Trinajstić information content (AvgIpc) is 2.59. The van der Waals surface area contributed by atoms with Gasteiger partial charge in [0.05, 0.1) is 19.6 Å². The molecular weight excluding hydrogens is 296 g/mol. The molecule has 0 unspecified atom stereocenters. The highest BCUT2D eigenvalue weighted by atomic mass is 16.5. The molecule has 0 aromatic heterocycles. The number of carbonyl (C=O) groups is 1. The first-order valence-corrected chi connectivity index (χ1v) is 7.32. The number of hydrogen-bond donors (Lipinski definition) is 1. The summed E-state index contributed by atoms with van der Waals surface area (Å²) in [6.07, 6.45) is -1.02. The second-order valence-corrected chi connectivity index (χ2v) is 4.99. The third-order valence-corrected chi connectivity index (χ3v) is 3.15. The summed E-state index contributed by atoms with van der Waals surface area (Å²) in [5.41, 5.74) is 0.907. The normalized spacial score (nSPS) is 11.6. The van der Waals surface area contributed by atoms with Crippen LogP contribution in [0, 0.1) is 0 Å². The molecule has 0 bridgehead atoms. The molecule has 0 aliphatic carbocycles. The van der Waals surface area contributed by atoms with Gasteiger partial charge in [-0.3, -0.25) is 4.79 Å². The summed E-state index contributed by atoms with van der Waals surface area (Å²) in [6, 6.07) is 16.4. The summed E-state index contributed by atoms with van der Waals surface area (Å²) in [4.78, 5) is 11.7. The van der Waals surface area contributed by atoms with Crippen LogP contribution in [0.25, 0.3) is 0 Å². The average molecular weight is 316 g/mol. The smallest absolute Gasteiger partial charge is 0.308 e. The Morgan fingerprint density at radius 3 is 2.35 bits per heavy atom. The zero-order valence-corrected chi connectivity index (χ0v) is 13.0. The minimum absolute atomic E-state index is 0.0206. The maximum Gasteiger partial charge on any atom is 0.308 e. The fourth-order valence-electron chi connectivity index (χ4n) is 1.91. The van der Waals surface area contributed by atoms with Crippen molar-refractivity contribution in [2.45, 2.75) is 19.1 Å². The van der Waals surface area contributed by atoms with Crippen LogP contribution in [0.5, 0.6) is 11.5 Å². The highest BCUT2D eigenvalue weighted by molar-refractivity contribution is 5.69. The van der Waals surface area contributed by atoms with Crippen LogP contribution in [0.1, 0.15) is 12.0 Å². The number of esters is 1. The van der Waals surface area contributed by atoms with E-state index < -0.39 is 12.1 Å². The van der Waals surface area contributed by atoms with Crippen LogP contribution in [0.3, 0.4) is 0 Å². The molecule has 2 rings (SSSR count). The molecule has 0 amide bonds. The minimum atomic E-state index is -0.916. The Balaban J connectivity index is 1.69. The molecule has 2 aromatic carbocycles. The van der Waals surface area contributed by atoms with Gasteiger partial charge in [0, 0.05) is 0 Å². The van der Waals surface area contributed by atoms with Crippen LogP contribution >= 0.6 is 0 Å². The van der Waals surface area contributed by atoms with Crippen molar-refractivity contribution in [2.75, 3.05) is 13.7 Å². The van der Waals surface area contributed by atoms with Gasteiger partial charge in [0.1, 0.15) is 24.7 Å². The molecule has 0 fully saturated rings. The van der Waals surface area contributed by atoms with Gasteiger partial charge in [-0.05, 0) is 29.8 Å². The zero-order chi connectivity index (χ0) is 16.5. The first-order chi connectivity index (χ1) is 11.2. The number of ether oxygens (including phenoxy) is 3. The van der Waals surface area contributed by atoms with Gasteiger partial charge in [-0.25, -0.2) is 0 Å². The summed E-state index contributed by atoms with van der Waals surface area (Å²) in [7, 11) is 1.58. The third-order valence-electron chi connectivity index (χ3n) is 3.15. The lowest BCUT2D eigenvalue weighted by Crippen LogP contribution is -2.22. The molecule has 0 saturated carbocycles. The minimum Gasteiger partial charge on any atom is -0.497 e. The highest BCUT2D eigenvalue weighted by Gasteiger charge is 2.13. The zero-order valence-electron chi connectivity index (χ0n) is 13.0. The number of hydrogen-bond acceptors (Lipinski definition) is 5. The molecule has 5 nitrogen and oxygen atoms in total. The molecule has 0 heterocycles. The van der Waals surface area contributed by atoms with Gasteiger partial charge in [0.25, 0.3) is 0 Å². The summed E-state index contributed by atoms with van der Waals surface area (Å²) in [5.74, 6) is 0.865. The molecule has 0 radical (unpaired) electrons. The van der Waals surface area contributed by atoms with Crippen LogP contribution in [0.15, 0.2) is 54.6 Å². The van der Waals surface area contributed by atoms with Gasteiger partial charge >= 0.3 is 5.97 Å². The number of aliphatic hydroxyl groups excluding tert-OH is 1. The predicted molar refractivity (Wildman–Crippen MR) is 85.4 cm³/mol. The van der Waals surface area contributed by atoms with E-state index in [9.17, 15) is 9.90 Å². The summed E-state index contributed by atoms with van der Waals surface area (Å²) in [5, 5.41) is 9.83. The SMILES string of the molecule is COc1ccc(OC[C@H](O)CC(=O)OCc2ccccc2)cc1. The number of methoxy groups -OCH3 is 1. The number of aliphatic hydroxyl groups is 1.